The van der Waals surface area contributed by atoms with Crippen LogP contribution in [0, 0.1) is 5.82 Å². The molecule has 0 aliphatic heterocycles. The lowest BCUT2D eigenvalue weighted by atomic mass is 10.3. The molecule has 3 aromatic rings. The fourth-order valence-corrected chi connectivity index (χ4v) is 1.73. The van der Waals surface area contributed by atoms with E-state index in [0.717, 1.165) is 5.69 Å². The van der Waals surface area contributed by atoms with Gasteiger partial charge in [0.25, 0.3) is 0 Å². The van der Waals surface area contributed by atoms with Crippen molar-refractivity contribution in [3.05, 3.63) is 60.8 Å². The number of ether oxygens (including phenoxy) is 1. The zero-order valence-corrected chi connectivity index (χ0v) is 11.4. The Morgan fingerprint density at radius 1 is 1.00 bits per heavy atom. The number of benzene rings is 1. The maximum Gasteiger partial charge on any atom is 0.219 e. The molecule has 1 aromatic carbocycles. The highest BCUT2D eigenvalue weighted by Gasteiger charge is 2.01. The average Bonchev–Trinajstić information content (AvgIpc) is 2.52. The van der Waals surface area contributed by atoms with Crippen LogP contribution in [0.5, 0.6) is 11.6 Å². The third-order valence-electron chi connectivity index (χ3n) is 2.73. The van der Waals surface area contributed by atoms with E-state index in [0.29, 0.717) is 23.3 Å². The van der Waals surface area contributed by atoms with Crippen LogP contribution in [0.4, 0.5) is 21.7 Å². The van der Waals surface area contributed by atoms with Gasteiger partial charge in [-0.1, -0.05) is 0 Å². The van der Waals surface area contributed by atoms with E-state index in [1.165, 1.54) is 30.6 Å². The number of hydrogen-bond acceptors (Lipinski definition) is 6. The quantitative estimate of drug-likeness (QED) is 0.769. The van der Waals surface area contributed by atoms with Gasteiger partial charge in [0.1, 0.15) is 29.5 Å². The smallest absolute Gasteiger partial charge is 0.219 e. The first kappa shape index (κ1) is 13.7. The molecule has 0 amide bonds. The van der Waals surface area contributed by atoms with Gasteiger partial charge in [-0.25, -0.2) is 19.3 Å². The minimum Gasteiger partial charge on any atom is -0.439 e. The SMILES string of the molecule is Nc1cc(Nc2ccc(Oc3ccc(F)cc3)nc2)ncn1. The van der Waals surface area contributed by atoms with Crippen molar-refractivity contribution in [1.82, 2.24) is 15.0 Å². The normalized spacial score (nSPS) is 10.2. The van der Waals surface area contributed by atoms with Crippen molar-refractivity contribution in [3.8, 4) is 11.6 Å². The Bertz CT molecular complexity index is 762. The summed E-state index contributed by atoms with van der Waals surface area (Å²) in [6.45, 7) is 0. The first-order valence-corrected chi connectivity index (χ1v) is 6.43. The molecular formula is C15H12FN5O. The van der Waals surface area contributed by atoms with Crippen molar-refractivity contribution < 1.29 is 9.13 Å². The summed E-state index contributed by atoms with van der Waals surface area (Å²) in [7, 11) is 0. The van der Waals surface area contributed by atoms with Crippen molar-refractivity contribution in [1.29, 1.82) is 0 Å². The number of rotatable bonds is 4. The van der Waals surface area contributed by atoms with Gasteiger partial charge in [-0.05, 0) is 30.3 Å². The van der Waals surface area contributed by atoms with Gasteiger partial charge in [-0.15, -0.1) is 0 Å². The van der Waals surface area contributed by atoms with E-state index in [1.54, 1.807) is 24.4 Å². The van der Waals surface area contributed by atoms with E-state index < -0.39 is 0 Å². The molecular weight excluding hydrogens is 285 g/mol. The predicted molar refractivity (Wildman–Crippen MR) is 80.4 cm³/mol. The molecule has 3 rings (SSSR count). The number of halogens is 1. The molecule has 22 heavy (non-hydrogen) atoms. The number of nitrogens with zero attached hydrogens (tertiary/aromatic N) is 3. The van der Waals surface area contributed by atoms with Gasteiger partial charge in [0.05, 0.1) is 11.9 Å². The van der Waals surface area contributed by atoms with Crippen molar-refractivity contribution >= 4 is 17.3 Å². The fraction of sp³-hybridized carbons (Fsp3) is 0. The van der Waals surface area contributed by atoms with E-state index in [1.807, 2.05) is 0 Å². The number of hydrogen-bond donors (Lipinski definition) is 2. The highest BCUT2D eigenvalue weighted by Crippen LogP contribution is 2.21. The molecule has 0 saturated carbocycles. The number of nitrogens with one attached hydrogen (secondary N) is 1. The van der Waals surface area contributed by atoms with E-state index in [9.17, 15) is 4.39 Å². The lowest BCUT2D eigenvalue weighted by Crippen LogP contribution is -1.98. The maximum atomic E-state index is 12.8. The van der Waals surface area contributed by atoms with Crippen molar-refractivity contribution in [2.45, 2.75) is 0 Å². The Labute approximate surface area is 125 Å². The van der Waals surface area contributed by atoms with Crippen LogP contribution < -0.4 is 15.8 Å². The lowest BCUT2D eigenvalue weighted by molar-refractivity contribution is 0.461. The number of nitrogens with two attached hydrogens (primary N) is 1. The van der Waals surface area contributed by atoms with E-state index in [4.69, 9.17) is 10.5 Å². The van der Waals surface area contributed by atoms with Crippen LogP contribution in [-0.4, -0.2) is 15.0 Å². The second kappa shape index (κ2) is 6.04. The number of aromatic nitrogens is 3. The molecule has 0 atom stereocenters. The second-order valence-electron chi connectivity index (χ2n) is 4.39. The van der Waals surface area contributed by atoms with E-state index in [-0.39, 0.29) is 5.82 Å². The minimum absolute atomic E-state index is 0.316. The monoisotopic (exact) mass is 297 g/mol. The predicted octanol–water partition coefficient (Wildman–Crippen LogP) is 3.13. The molecule has 0 saturated heterocycles. The van der Waals surface area contributed by atoms with Crippen molar-refractivity contribution in [2.75, 3.05) is 11.1 Å². The highest BCUT2D eigenvalue weighted by molar-refractivity contribution is 5.57. The van der Waals surface area contributed by atoms with Crippen molar-refractivity contribution in [2.24, 2.45) is 0 Å². The summed E-state index contributed by atoms with van der Waals surface area (Å²) in [6.07, 6.45) is 2.97. The molecule has 2 aromatic heterocycles. The van der Waals surface area contributed by atoms with Crippen LogP contribution in [-0.2, 0) is 0 Å². The van der Waals surface area contributed by atoms with Gasteiger partial charge in [0, 0.05) is 12.1 Å². The Hall–Kier alpha value is -3.22. The molecule has 0 bridgehead atoms. The minimum atomic E-state index is -0.316. The number of nitrogen functional groups attached to an aromatic ring is 1. The van der Waals surface area contributed by atoms with Crippen LogP contribution >= 0.6 is 0 Å². The van der Waals surface area contributed by atoms with E-state index >= 15 is 0 Å². The summed E-state index contributed by atoms with van der Waals surface area (Å²) >= 11 is 0. The third kappa shape index (κ3) is 3.45. The van der Waals surface area contributed by atoms with Crippen molar-refractivity contribution in [3.63, 3.8) is 0 Å². The Morgan fingerprint density at radius 3 is 2.50 bits per heavy atom. The van der Waals surface area contributed by atoms with Gasteiger partial charge in [-0.2, -0.15) is 0 Å². The largest absolute Gasteiger partial charge is 0.439 e. The van der Waals surface area contributed by atoms with Gasteiger partial charge in [-0.3, -0.25) is 0 Å². The van der Waals surface area contributed by atoms with Crippen LogP contribution in [0.2, 0.25) is 0 Å². The summed E-state index contributed by atoms with van der Waals surface area (Å²) in [6, 6.07) is 10.8. The molecule has 0 radical (unpaired) electrons. The zero-order chi connectivity index (χ0) is 15.4. The molecule has 7 heteroatoms. The molecule has 0 fully saturated rings. The molecule has 110 valence electrons. The third-order valence-corrected chi connectivity index (χ3v) is 2.73. The summed E-state index contributed by atoms with van der Waals surface area (Å²) in [5.74, 6) is 1.55. The molecule has 0 unspecified atom stereocenters. The molecule has 6 nitrogen and oxygen atoms in total. The van der Waals surface area contributed by atoms with Gasteiger partial charge < -0.3 is 15.8 Å². The number of anilines is 3. The molecule has 2 heterocycles. The molecule has 0 aliphatic carbocycles. The summed E-state index contributed by atoms with van der Waals surface area (Å²) in [4.78, 5) is 12.0. The summed E-state index contributed by atoms with van der Waals surface area (Å²) in [5.41, 5.74) is 6.31. The van der Waals surface area contributed by atoms with Crippen LogP contribution in [0.1, 0.15) is 0 Å². The Morgan fingerprint density at radius 2 is 1.82 bits per heavy atom. The first-order chi connectivity index (χ1) is 10.7. The highest BCUT2D eigenvalue weighted by atomic mass is 19.1. The van der Waals surface area contributed by atoms with Crippen LogP contribution in [0.15, 0.2) is 55.0 Å². The first-order valence-electron chi connectivity index (χ1n) is 6.43. The van der Waals surface area contributed by atoms with Crippen LogP contribution in [0.3, 0.4) is 0 Å². The summed E-state index contributed by atoms with van der Waals surface area (Å²) < 4.78 is 18.3. The van der Waals surface area contributed by atoms with Gasteiger partial charge in [0.15, 0.2) is 0 Å². The van der Waals surface area contributed by atoms with E-state index in [2.05, 4.69) is 20.3 Å². The molecule has 3 N–H and O–H groups in total. The van der Waals surface area contributed by atoms with Gasteiger partial charge in [0.2, 0.25) is 5.88 Å². The maximum absolute atomic E-state index is 12.8. The molecule has 0 spiro atoms. The topological polar surface area (TPSA) is 86.0 Å². The standard InChI is InChI=1S/C15H12FN5O/c16-10-1-4-12(5-2-10)22-15-6-3-11(8-18-15)21-14-7-13(17)19-9-20-14/h1-9H,(H3,17,19,20,21). The second-order valence-corrected chi connectivity index (χ2v) is 4.39. The zero-order valence-electron chi connectivity index (χ0n) is 11.4. The van der Waals surface area contributed by atoms with Crippen LogP contribution in [0.25, 0.3) is 0 Å². The fourth-order valence-electron chi connectivity index (χ4n) is 1.73. The Balaban J connectivity index is 1.68. The lowest BCUT2D eigenvalue weighted by Gasteiger charge is -2.07. The summed E-state index contributed by atoms with van der Waals surface area (Å²) in [5, 5.41) is 3.04. The molecule has 0 aliphatic rings. The number of pyridine rings is 1. The van der Waals surface area contributed by atoms with Gasteiger partial charge >= 0.3 is 0 Å². The Kier molecular flexibility index (Phi) is 3.78. The average molecular weight is 297 g/mol.